The molecule has 3 aliphatic rings. The fraction of sp³-hybridized carbons (Fsp3) is 0.286. The van der Waals surface area contributed by atoms with Gasteiger partial charge in [-0.15, -0.1) is 0 Å². The summed E-state index contributed by atoms with van der Waals surface area (Å²) in [6, 6.07) is 17.3. The van der Waals surface area contributed by atoms with Gasteiger partial charge in [0.25, 0.3) is 5.91 Å². The van der Waals surface area contributed by atoms with E-state index < -0.39 is 22.0 Å². The van der Waals surface area contributed by atoms with Crippen LogP contribution in [0.1, 0.15) is 22.7 Å². The highest BCUT2D eigenvalue weighted by Crippen LogP contribution is 2.66. The number of nitrogens with zero attached hydrogens (tertiary/aromatic N) is 4. The van der Waals surface area contributed by atoms with Crippen LogP contribution in [-0.2, 0) is 21.7 Å². The molecule has 1 aromatic heterocycles. The van der Waals surface area contributed by atoms with Crippen LogP contribution in [0.5, 0.6) is 5.75 Å². The van der Waals surface area contributed by atoms with E-state index in [1.165, 1.54) is 28.8 Å². The number of hydrogen-bond donors (Lipinski definition) is 0. The Labute approximate surface area is 229 Å². The molecule has 2 fully saturated rings. The topological polar surface area (TPSA) is 66.0 Å². The number of pyridine rings is 1. The van der Waals surface area contributed by atoms with Gasteiger partial charge >= 0.3 is 0 Å². The molecule has 0 saturated carbocycles. The summed E-state index contributed by atoms with van der Waals surface area (Å²) in [4.78, 5) is 38.7. The molecule has 0 aliphatic carbocycles. The van der Waals surface area contributed by atoms with Crippen LogP contribution in [0.15, 0.2) is 66.9 Å². The Kier molecular flexibility index (Phi) is 5.82. The van der Waals surface area contributed by atoms with Crippen molar-refractivity contribution in [2.24, 2.45) is 0 Å². The van der Waals surface area contributed by atoms with E-state index in [4.69, 9.17) is 17.0 Å². The highest BCUT2D eigenvalue weighted by atomic mass is 32.2. The van der Waals surface area contributed by atoms with E-state index >= 15 is 0 Å². The number of amides is 2. The van der Waals surface area contributed by atoms with Crippen LogP contribution in [0.3, 0.4) is 0 Å². The number of halogens is 1. The Hall–Kier alpha value is -3.34. The van der Waals surface area contributed by atoms with Crippen molar-refractivity contribution in [3.05, 3.63) is 89.5 Å². The summed E-state index contributed by atoms with van der Waals surface area (Å²) in [6.07, 6.45) is 1.68. The maximum atomic E-state index is 14.8. The molecule has 0 radical (unpaired) electrons. The SMILES string of the molecule is COc1ccc(CN2C(=O)[C@]3(SC2=S)[C@@H](c2ccccn2)CN(C)[C@@]32C(=O)N(C)c3ccc(F)cc32)cc1. The Morgan fingerprint density at radius 2 is 1.87 bits per heavy atom. The first-order chi connectivity index (χ1) is 18.3. The van der Waals surface area contributed by atoms with Crippen LogP contribution >= 0.6 is 24.0 Å². The highest BCUT2D eigenvalue weighted by molar-refractivity contribution is 8.25. The average Bonchev–Trinajstić information content (AvgIpc) is 3.43. The van der Waals surface area contributed by atoms with Gasteiger partial charge in [-0.1, -0.05) is 42.2 Å². The number of aromatic nitrogens is 1. The summed E-state index contributed by atoms with van der Waals surface area (Å²) in [6.45, 7) is 0.607. The third kappa shape index (κ3) is 3.17. The number of carbonyl (C=O) groups excluding carboxylic acids is 2. The van der Waals surface area contributed by atoms with E-state index in [-0.39, 0.29) is 18.4 Å². The monoisotopic (exact) mass is 548 g/mol. The van der Waals surface area contributed by atoms with E-state index in [0.29, 0.717) is 33.6 Å². The van der Waals surface area contributed by atoms with Crippen LogP contribution in [0, 0.1) is 5.82 Å². The van der Waals surface area contributed by atoms with E-state index in [1.807, 2.05) is 54.4 Å². The van der Waals surface area contributed by atoms with E-state index in [0.717, 1.165) is 5.56 Å². The Balaban J connectivity index is 1.56. The smallest absolute Gasteiger partial charge is 0.254 e. The van der Waals surface area contributed by atoms with Crippen molar-refractivity contribution >= 4 is 45.8 Å². The lowest BCUT2D eigenvalue weighted by atomic mass is 9.72. The fourth-order valence-corrected chi connectivity index (χ4v) is 8.37. The molecule has 6 rings (SSSR count). The Morgan fingerprint density at radius 3 is 2.55 bits per heavy atom. The normalized spacial score (nSPS) is 26.7. The standard InChI is InChI=1S/C28H25FN4O3S2/c1-31-16-21(22-6-4-5-13-30-22)28(27(31)20-14-18(29)9-12-23(20)32(2)24(27)34)25(35)33(26(37)38-28)15-17-7-10-19(36-3)11-8-17/h4-14,21H,15-16H2,1-3H3/t21-,27+,28-/m1/s1. The largest absolute Gasteiger partial charge is 0.497 e. The summed E-state index contributed by atoms with van der Waals surface area (Å²) in [5.41, 5.74) is 1.14. The first-order valence-electron chi connectivity index (χ1n) is 12.1. The molecule has 3 atom stereocenters. The molecule has 2 saturated heterocycles. The number of rotatable bonds is 4. The van der Waals surface area contributed by atoms with Crippen LogP contribution in [0.4, 0.5) is 10.1 Å². The number of methoxy groups -OCH3 is 1. The summed E-state index contributed by atoms with van der Waals surface area (Å²) < 4.78 is 19.0. The summed E-state index contributed by atoms with van der Waals surface area (Å²) >= 11 is 7.06. The summed E-state index contributed by atoms with van der Waals surface area (Å²) in [5.74, 6) is -0.795. The molecule has 10 heteroatoms. The van der Waals surface area contributed by atoms with Crippen LogP contribution in [0.25, 0.3) is 0 Å². The van der Waals surface area contributed by atoms with Gasteiger partial charge in [0.15, 0.2) is 5.54 Å². The molecule has 0 bridgehead atoms. The van der Waals surface area contributed by atoms with Crippen molar-refractivity contribution < 1.29 is 18.7 Å². The summed E-state index contributed by atoms with van der Waals surface area (Å²) in [5, 5.41) is 0. The number of likely N-dealkylation sites (N-methyl/N-ethyl adjacent to an activating group) is 2. The first kappa shape index (κ1) is 25.0. The minimum Gasteiger partial charge on any atom is -0.497 e. The van der Waals surface area contributed by atoms with Gasteiger partial charge in [0, 0.05) is 42.7 Å². The maximum absolute atomic E-state index is 14.8. The molecule has 38 heavy (non-hydrogen) atoms. The maximum Gasteiger partial charge on any atom is 0.254 e. The Bertz CT molecular complexity index is 1470. The van der Waals surface area contributed by atoms with Crippen molar-refractivity contribution in [3.8, 4) is 5.75 Å². The molecule has 194 valence electrons. The number of benzene rings is 2. The zero-order valence-electron chi connectivity index (χ0n) is 21.1. The van der Waals surface area contributed by atoms with Gasteiger partial charge < -0.3 is 9.64 Å². The second kappa shape index (κ2) is 8.86. The zero-order chi connectivity index (χ0) is 26.8. The van der Waals surface area contributed by atoms with Crippen LogP contribution in [0.2, 0.25) is 0 Å². The van der Waals surface area contributed by atoms with Gasteiger partial charge in [-0.2, -0.15) is 0 Å². The third-order valence-electron chi connectivity index (χ3n) is 7.96. The van der Waals surface area contributed by atoms with Crippen molar-refractivity contribution in [2.45, 2.75) is 22.7 Å². The molecule has 4 heterocycles. The van der Waals surface area contributed by atoms with Gasteiger partial charge in [-0.05, 0) is 55.1 Å². The summed E-state index contributed by atoms with van der Waals surface area (Å²) in [7, 11) is 5.08. The quantitative estimate of drug-likeness (QED) is 0.458. The molecule has 2 aromatic carbocycles. The molecule has 0 unspecified atom stereocenters. The van der Waals surface area contributed by atoms with Crippen molar-refractivity contribution in [3.63, 3.8) is 0 Å². The van der Waals surface area contributed by atoms with Gasteiger partial charge in [0.1, 0.15) is 20.6 Å². The number of ether oxygens (including phenoxy) is 1. The average molecular weight is 549 g/mol. The second-order valence-electron chi connectivity index (χ2n) is 9.77. The molecule has 7 nitrogen and oxygen atoms in total. The number of carbonyl (C=O) groups is 2. The van der Waals surface area contributed by atoms with E-state index in [9.17, 15) is 14.0 Å². The molecule has 2 amide bonds. The van der Waals surface area contributed by atoms with E-state index in [1.54, 1.807) is 31.3 Å². The zero-order valence-corrected chi connectivity index (χ0v) is 22.7. The number of anilines is 1. The second-order valence-corrected chi connectivity index (χ2v) is 11.6. The molecular formula is C28H25FN4O3S2. The Morgan fingerprint density at radius 1 is 1.11 bits per heavy atom. The number of likely N-dealkylation sites (tertiary alicyclic amines) is 1. The first-order valence-corrected chi connectivity index (χ1v) is 13.4. The van der Waals surface area contributed by atoms with Crippen molar-refractivity contribution in [1.82, 2.24) is 14.8 Å². The van der Waals surface area contributed by atoms with Crippen LogP contribution in [-0.4, -0.2) is 63.4 Å². The number of hydrogen-bond acceptors (Lipinski definition) is 7. The lowest BCUT2D eigenvalue weighted by molar-refractivity contribution is -0.139. The van der Waals surface area contributed by atoms with Gasteiger partial charge in [0.2, 0.25) is 5.91 Å². The van der Waals surface area contributed by atoms with Gasteiger partial charge in [0.05, 0.1) is 13.7 Å². The van der Waals surface area contributed by atoms with Gasteiger partial charge in [-0.25, -0.2) is 4.39 Å². The fourth-order valence-electron chi connectivity index (χ4n) is 6.26. The molecule has 3 aromatic rings. The predicted octanol–water partition coefficient (Wildman–Crippen LogP) is 3.93. The molecule has 3 aliphatic heterocycles. The predicted molar refractivity (Wildman–Crippen MR) is 148 cm³/mol. The molecular weight excluding hydrogens is 523 g/mol. The minimum absolute atomic E-state index is 0.241. The number of thiocarbonyl (C=S) groups is 1. The lowest BCUT2D eigenvalue weighted by Crippen LogP contribution is -2.62. The van der Waals surface area contributed by atoms with Crippen molar-refractivity contribution in [2.75, 3.05) is 32.6 Å². The van der Waals surface area contributed by atoms with E-state index in [2.05, 4.69) is 4.98 Å². The lowest BCUT2D eigenvalue weighted by Gasteiger charge is -2.42. The number of fused-ring (bicyclic) bond motifs is 3. The third-order valence-corrected chi connectivity index (χ3v) is 9.90. The van der Waals surface area contributed by atoms with Gasteiger partial charge in [-0.3, -0.25) is 24.4 Å². The highest BCUT2D eigenvalue weighted by Gasteiger charge is 2.78. The molecule has 0 N–H and O–H groups in total. The number of thioether (sulfide) groups is 1. The van der Waals surface area contributed by atoms with Crippen LogP contribution < -0.4 is 9.64 Å². The molecule has 2 spiro atoms. The van der Waals surface area contributed by atoms with Crippen molar-refractivity contribution in [1.29, 1.82) is 0 Å². The minimum atomic E-state index is -1.47.